The number of amides is 1. The Balaban J connectivity index is 1.53. The summed E-state index contributed by atoms with van der Waals surface area (Å²) >= 11 is 0. The number of furan rings is 1. The number of nitrogens with one attached hydrogen (secondary N) is 1. The fourth-order valence-corrected chi connectivity index (χ4v) is 4.76. The molecule has 1 aromatic carbocycles. The van der Waals surface area contributed by atoms with Crippen LogP contribution >= 0.6 is 0 Å². The van der Waals surface area contributed by atoms with E-state index in [4.69, 9.17) is 4.42 Å². The van der Waals surface area contributed by atoms with Gasteiger partial charge in [0, 0.05) is 13.1 Å². The SMILES string of the molecule is Cc1ccccc1CS(=O)(=O)Cc1ccc(C(=O)NCCN2CCCC2)o1. The van der Waals surface area contributed by atoms with Crippen molar-refractivity contribution in [2.24, 2.45) is 0 Å². The number of likely N-dealkylation sites (tertiary alicyclic amines) is 1. The van der Waals surface area contributed by atoms with Gasteiger partial charge >= 0.3 is 0 Å². The molecule has 1 aliphatic heterocycles. The lowest BCUT2D eigenvalue weighted by Gasteiger charge is -2.14. The molecule has 1 N–H and O–H groups in total. The molecule has 6 nitrogen and oxygen atoms in total. The Morgan fingerprint density at radius 3 is 2.59 bits per heavy atom. The van der Waals surface area contributed by atoms with Crippen LogP contribution in [-0.4, -0.2) is 45.4 Å². The molecule has 1 aromatic heterocycles. The summed E-state index contributed by atoms with van der Waals surface area (Å²) in [5, 5.41) is 2.83. The first-order valence-corrected chi connectivity index (χ1v) is 11.1. The van der Waals surface area contributed by atoms with Crippen molar-refractivity contribution in [2.75, 3.05) is 26.2 Å². The van der Waals surface area contributed by atoms with E-state index in [0.717, 1.165) is 30.8 Å². The summed E-state index contributed by atoms with van der Waals surface area (Å²) in [5.41, 5.74) is 1.72. The van der Waals surface area contributed by atoms with Crippen LogP contribution in [0, 0.1) is 6.92 Å². The second-order valence-electron chi connectivity index (χ2n) is 7.03. The summed E-state index contributed by atoms with van der Waals surface area (Å²) in [6.45, 7) is 5.44. The summed E-state index contributed by atoms with van der Waals surface area (Å²) in [7, 11) is -3.38. The molecule has 2 heterocycles. The maximum Gasteiger partial charge on any atom is 0.287 e. The topological polar surface area (TPSA) is 79.6 Å². The number of hydrogen-bond acceptors (Lipinski definition) is 5. The van der Waals surface area contributed by atoms with Crippen LogP contribution in [0.5, 0.6) is 0 Å². The normalized spacial score (nSPS) is 15.1. The zero-order valence-electron chi connectivity index (χ0n) is 15.6. The molecule has 1 saturated heterocycles. The van der Waals surface area contributed by atoms with Crippen molar-refractivity contribution in [3.8, 4) is 0 Å². The van der Waals surface area contributed by atoms with Crippen LogP contribution in [0.2, 0.25) is 0 Å². The summed E-state index contributed by atoms with van der Waals surface area (Å²) in [6.07, 6.45) is 2.43. The average molecular weight is 391 g/mol. The average Bonchev–Trinajstić information content (AvgIpc) is 3.28. The predicted octanol–water partition coefficient (Wildman–Crippen LogP) is 2.53. The minimum atomic E-state index is -3.38. The molecular formula is C20H26N2O4S. The molecule has 7 heteroatoms. The van der Waals surface area contributed by atoms with Gasteiger partial charge in [0.05, 0.1) is 5.75 Å². The maximum absolute atomic E-state index is 12.5. The van der Waals surface area contributed by atoms with Crippen molar-refractivity contribution in [1.82, 2.24) is 10.2 Å². The molecule has 3 rings (SSSR count). The fraction of sp³-hybridized carbons (Fsp3) is 0.450. The third-order valence-electron chi connectivity index (χ3n) is 4.80. The fourth-order valence-electron chi connectivity index (χ4n) is 3.28. The van der Waals surface area contributed by atoms with Gasteiger partial charge in [0.2, 0.25) is 0 Å². The van der Waals surface area contributed by atoms with Gasteiger partial charge in [-0.1, -0.05) is 24.3 Å². The monoisotopic (exact) mass is 390 g/mol. The number of carbonyl (C=O) groups excluding carboxylic acids is 1. The zero-order chi connectivity index (χ0) is 19.3. The molecular weight excluding hydrogens is 364 g/mol. The van der Waals surface area contributed by atoms with Gasteiger partial charge in [0.15, 0.2) is 15.6 Å². The Hall–Kier alpha value is -2.12. The quantitative estimate of drug-likeness (QED) is 0.749. The molecule has 1 fully saturated rings. The Labute approximate surface area is 160 Å². The predicted molar refractivity (Wildman–Crippen MR) is 104 cm³/mol. The van der Waals surface area contributed by atoms with Crippen LogP contribution in [-0.2, 0) is 21.3 Å². The van der Waals surface area contributed by atoms with E-state index in [1.54, 1.807) is 6.07 Å². The van der Waals surface area contributed by atoms with Crippen molar-refractivity contribution < 1.29 is 17.6 Å². The molecule has 1 aliphatic rings. The summed E-state index contributed by atoms with van der Waals surface area (Å²) in [6, 6.07) is 10.5. The highest BCUT2D eigenvalue weighted by Gasteiger charge is 2.19. The first-order valence-electron chi connectivity index (χ1n) is 9.27. The molecule has 2 aromatic rings. The number of hydrogen-bond donors (Lipinski definition) is 1. The summed E-state index contributed by atoms with van der Waals surface area (Å²) < 4.78 is 30.4. The molecule has 0 saturated carbocycles. The lowest BCUT2D eigenvalue weighted by molar-refractivity contribution is 0.0920. The third-order valence-corrected chi connectivity index (χ3v) is 6.27. The second kappa shape index (κ2) is 8.71. The van der Waals surface area contributed by atoms with Gasteiger partial charge in [-0.3, -0.25) is 4.79 Å². The Bertz CT molecular complexity index is 883. The first kappa shape index (κ1) is 19.6. The Kier molecular flexibility index (Phi) is 6.34. The molecule has 146 valence electrons. The molecule has 0 unspecified atom stereocenters. The zero-order valence-corrected chi connectivity index (χ0v) is 16.4. The van der Waals surface area contributed by atoms with E-state index in [1.807, 2.05) is 31.2 Å². The standard InChI is InChI=1S/C20H26N2O4S/c1-16-6-2-3-7-17(16)14-27(24,25)15-18-8-9-19(26-18)20(23)21-10-13-22-11-4-5-12-22/h2-3,6-9H,4-5,10-15H2,1H3,(H,21,23). The van der Waals surface area contributed by atoms with Crippen LogP contribution < -0.4 is 5.32 Å². The smallest absolute Gasteiger partial charge is 0.287 e. The van der Waals surface area contributed by atoms with Crippen LogP contribution in [0.4, 0.5) is 0 Å². The van der Waals surface area contributed by atoms with Crippen molar-refractivity contribution in [3.05, 3.63) is 59.0 Å². The molecule has 0 radical (unpaired) electrons. The highest BCUT2D eigenvalue weighted by molar-refractivity contribution is 7.89. The number of carbonyl (C=O) groups is 1. The van der Waals surface area contributed by atoms with E-state index in [2.05, 4.69) is 10.2 Å². The van der Waals surface area contributed by atoms with Gasteiger partial charge in [-0.2, -0.15) is 0 Å². The van der Waals surface area contributed by atoms with E-state index in [-0.39, 0.29) is 28.9 Å². The van der Waals surface area contributed by atoms with Crippen molar-refractivity contribution in [2.45, 2.75) is 31.3 Å². The first-order chi connectivity index (χ1) is 12.9. The lowest BCUT2D eigenvalue weighted by atomic mass is 10.1. The second-order valence-corrected chi connectivity index (χ2v) is 9.09. The van der Waals surface area contributed by atoms with Crippen LogP contribution in [0.1, 0.15) is 40.3 Å². The maximum atomic E-state index is 12.5. The number of rotatable bonds is 8. The van der Waals surface area contributed by atoms with Gasteiger partial charge < -0.3 is 14.6 Å². The number of benzene rings is 1. The van der Waals surface area contributed by atoms with E-state index >= 15 is 0 Å². The number of aryl methyl sites for hydroxylation is 1. The van der Waals surface area contributed by atoms with Gasteiger partial charge in [-0.25, -0.2) is 8.42 Å². The van der Waals surface area contributed by atoms with Crippen LogP contribution in [0.25, 0.3) is 0 Å². The van der Waals surface area contributed by atoms with Crippen LogP contribution in [0.15, 0.2) is 40.8 Å². The van der Waals surface area contributed by atoms with Gasteiger partial charge in [-0.05, 0) is 56.1 Å². The van der Waals surface area contributed by atoms with Gasteiger partial charge in [0.1, 0.15) is 11.5 Å². The van der Waals surface area contributed by atoms with Crippen molar-refractivity contribution in [3.63, 3.8) is 0 Å². The van der Waals surface area contributed by atoms with Crippen LogP contribution in [0.3, 0.4) is 0 Å². The molecule has 0 bridgehead atoms. The third kappa shape index (κ3) is 5.68. The van der Waals surface area contributed by atoms with Crippen molar-refractivity contribution in [1.29, 1.82) is 0 Å². The number of sulfone groups is 1. The molecule has 0 atom stereocenters. The minimum Gasteiger partial charge on any atom is -0.455 e. The van der Waals surface area contributed by atoms with Gasteiger partial charge in [-0.15, -0.1) is 0 Å². The van der Waals surface area contributed by atoms with Gasteiger partial charge in [0.25, 0.3) is 5.91 Å². The minimum absolute atomic E-state index is 0.0439. The van der Waals surface area contributed by atoms with E-state index in [1.165, 1.54) is 18.9 Å². The Morgan fingerprint density at radius 2 is 1.85 bits per heavy atom. The lowest BCUT2D eigenvalue weighted by Crippen LogP contribution is -2.33. The molecule has 1 amide bonds. The van der Waals surface area contributed by atoms with Crippen molar-refractivity contribution >= 4 is 15.7 Å². The van der Waals surface area contributed by atoms with E-state index in [0.29, 0.717) is 6.54 Å². The summed E-state index contributed by atoms with van der Waals surface area (Å²) in [4.78, 5) is 14.5. The molecule has 0 aliphatic carbocycles. The largest absolute Gasteiger partial charge is 0.455 e. The summed E-state index contributed by atoms with van der Waals surface area (Å²) in [5.74, 6) is -0.136. The van der Waals surface area contributed by atoms with E-state index < -0.39 is 9.84 Å². The molecule has 27 heavy (non-hydrogen) atoms. The number of nitrogens with zero attached hydrogens (tertiary/aromatic N) is 1. The molecule has 0 spiro atoms. The Morgan fingerprint density at radius 1 is 1.11 bits per heavy atom. The van der Waals surface area contributed by atoms with E-state index in [9.17, 15) is 13.2 Å². The highest BCUT2D eigenvalue weighted by Crippen LogP contribution is 2.17. The highest BCUT2D eigenvalue weighted by atomic mass is 32.2.